The molecule has 192 valence electrons. The highest BCUT2D eigenvalue weighted by Gasteiger charge is 2.15. The van der Waals surface area contributed by atoms with E-state index in [9.17, 15) is 0 Å². The Bertz CT molecular complexity index is 1320. The Balaban J connectivity index is 1.38. The SMILES string of the molecule is Cc1c(Cl)cccc1-c1cnc(N(C)CCCN(C)c2ncc(-c3cccc(Cl)c3Cl)c(N)n2)nc1N. The van der Waals surface area contributed by atoms with Crippen LogP contribution >= 0.6 is 34.8 Å². The molecule has 4 aromatic rings. The fourth-order valence-corrected chi connectivity index (χ4v) is 4.49. The molecule has 0 saturated heterocycles. The zero-order chi connectivity index (χ0) is 26.7. The Morgan fingerprint density at radius 3 is 1.73 bits per heavy atom. The number of anilines is 4. The van der Waals surface area contributed by atoms with Gasteiger partial charge in [-0.15, -0.1) is 0 Å². The molecule has 4 rings (SSSR count). The van der Waals surface area contributed by atoms with Crippen LogP contribution in [0.5, 0.6) is 0 Å². The van der Waals surface area contributed by atoms with Crippen molar-refractivity contribution in [2.75, 3.05) is 48.5 Å². The number of benzene rings is 2. The minimum absolute atomic E-state index is 0.331. The van der Waals surface area contributed by atoms with E-state index in [0.29, 0.717) is 62.8 Å². The summed E-state index contributed by atoms with van der Waals surface area (Å²) < 4.78 is 0. The van der Waals surface area contributed by atoms with E-state index in [1.54, 1.807) is 18.5 Å². The van der Waals surface area contributed by atoms with Crippen LogP contribution in [0.1, 0.15) is 12.0 Å². The van der Waals surface area contributed by atoms with Crippen LogP contribution in [0.3, 0.4) is 0 Å². The van der Waals surface area contributed by atoms with E-state index in [4.69, 9.17) is 46.3 Å². The lowest BCUT2D eigenvalue weighted by molar-refractivity contribution is 0.737. The molecule has 4 N–H and O–H groups in total. The molecule has 8 nitrogen and oxygen atoms in total. The topological polar surface area (TPSA) is 110 Å². The van der Waals surface area contributed by atoms with Crippen molar-refractivity contribution in [3.63, 3.8) is 0 Å². The predicted molar refractivity (Wildman–Crippen MR) is 155 cm³/mol. The molecule has 37 heavy (non-hydrogen) atoms. The summed E-state index contributed by atoms with van der Waals surface area (Å²) in [6.45, 7) is 3.34. The second-order valence-corrected chi connectivity index (χ2v) is 9.84. The molecule has 0 atom stereocenters. The van der Waals surface area contributed by atoms with Crippen molar-refractivity contribution >= 4 is 58.3 Å². The fourth-order valence-electron chi connectivity index (χ4n) is 3.91. The van der Waals surface area contributed by atoms with Crippen molar-refractivity contribution < 1.29 is 0 Å². The van der Waals surface area contributed by atoms with Crippen LogP contribution in [-0.2, 0) is 0 Å². The van der Waals surface area contributed by atoms with Gasteiger partial charge in [0.05, 0.1) is 10.0 Å². The third kappa shape index (κ3) is 5.82. The Labute approximate surface area is 231 Å². The fraction of sp³-hybridized carbons (Fsp3) is 0.231. The van der Waals surface area contributed by atoms with Gasteiger partial charge in [-0.05, 0) is 36.6 Å². The van der Waals surface area contributed by atoms with Gasteiger partial charge in [0.1, 0.15) is 11.6 Å². The number of halogens is 3. The quantitative estimate of drug-likeness (QED) is 0.272. The number of nitrogens with zero attached hydrogens (tertiary/aromatic N) is 6. The monoisotopic (exact) mass is 556 g/mol. The molecule has 0 bridgehead atoms. The molecule has 0 aliphatic rings. The summed E-state index contributed by atoms with van der Waals surface area (Å²) in [7, 11) is 3.84. The highest BCUT2D eigenvalue weighted by Crippen LogP contribution is 2.36. The van der Waals surface area contributed by atoms with E-state index < -0.39 is 0 Å². The Morgan fingerprint density at radius 2 is 1.19 bits per heavy atom. The third-order valence-corrected chi connectivity index (χ3v) is 7.31. The molecule has 0 unspecified atom stereocenters. The maximum Gasteiger partial charge on any atom is 0.227 e. The Hall–Kier alpha value is -3.33. The summed E-state index contributed by atoms with van der Waals surface area (Å²) in [6.07, 6.45) is 4.21. The number of nitrogens with two attached hydrogens (primary N) is 2. The molecule has 2 aromatic heterocycles. The van der Waals surface area contributed by atoms with Gasteiger partial charge in [0.2, 0.25) is 11.9 Å². The van der Waals surface area contributed by atoms with Crippen LogP contribution in [0.15, 0.2) is 48.8 Å². The summed E-state index contributed by atoms with van der Waals surface area (Å²) in [5.74, 6) is 1.80. The van der Waals surface area contributed by atoms with E-state index in [1.807, 2.05) is 61.2 Å². The van der Waals surface area contributed by atoms with Crippen LogP contribution in [0.2, 0.25) is 15.1 Å². The number of rotatable bonds is 8. The van der Waals surface area contributed by atoms with Crippen molar-refractivity contribution in [2.45, 2.75) is 13.3 Å². The van der Waals surface area contributed by atoms with Gasteiger partial charge in [-0.2, -0.15) is 9.97 Å². The molecule has 2 heterocycles. The standard InChI is InChI=1S/C26H27Cl3N8/c1-15-16(7-4-9-20(15)27)18-13-32-25(34-23(18)30)36(2)11-6-12-37(3)26-33-14-19(24(31)35-26)17-8-5-10-21(28)22(17)29/h4-5,7-10,13-14H,6,11-12H2,1-3H3,(H2,30,32,34)(H2,31,33,35). The summed E-state index contributed by atoms with van der Waals surface area (Å²) in [5, 5.41) is 1.54. The molecule has 2 aromatic carbocycles. The van der Waals surface area contributed by atoms with Crippen LogP contribution in [0, 0.1) is 6.92 Å². The van der Waals surface area contributed by atoms with Crippen LogP contribution < -0.4 is 21.3 Å². The maximum absolute atomic E-state index is 6.33. The zero-order valence-corrected chi connectivity index (χ0v) is 23.0. The number of hydrogen-bond donors (Lipinski definition) is 2. The number of hydrogen-bond acceptors (Lipinski definition) is 8. The molecule has 0 fully saturated rings. The average Bonchev–Trinajstić information content (AvgIpc) is 2.87. The van der Waals surface area contributed by atoms with Crippen LogP contribution in [-0.4, -0.2) is 47.1 Å². The molecule has 0 radical (unpaired) electrons. The van der Waals surface area contributed by atoms with Gasteiger partial charge in [0, 0.05) is 61.3 Å². The van der Waals surface area contributed by atoms with Crippen LogP contribution in [0.4, 0.5) is 23.5 Å². The summed E-state index contributed by atoms with van der Waals surface area (Å²) >= 11 is 18.7. The van der Waals surface area contributed by atoms with Crippen molar-refractivity contribution in [2.24, 2.45) is 0 Å². The minimum Gasteiger partial charge on any atom is -0.383 e. The molecule has 0 saturated carbocycles. The molecule has 0 aliphatic carbocycles. The van der Waals surface area contributed by atoms with Gasteiger partial charge in [-0.25, -0.2) is 9.97 Å². The van der Waals surface area contributed by atoms with E-state index in [0.717, 1.165) is 23.1 Å². The Morgan fingerprint density at radius 1 is 0.703 bits per heavy atom. The van der Waals surface area contributed by atoms with Crippen molar-refractivity contribution in [3.05, 3.63) is 69.4 Å². The van der Waals surface area contributed by atoms with Crippen molar-refractivity contribution in [3.8, 4) is 22.3 Å². The van der Waals surface area contributed by atoms with Crippen molar-refractivity contribution in [1.29, 1.82) is 0 Å². The predicted octanol–water partition coefficient (Wildman–Crippen LogP) is 6.00. The highest BCUT2D eigenvalue weighted by molar-refractivity contribution is 6.43. The Kier molecular flexibility index (Phi) is 8.22. The third-order valence-electron chi connectivity index (χ3n) is 6.08. The largest absolute Gasteiger partial charge is 0.383 e. The first-order valence-corrected chi connectivity index (χ1v) is 12.7. The first-order valence-electron chi connectivity index (χ1n) is 11.5. The first-order chi connectivity index (χ1) is 17.7. The van der Waals surface area contributed by atoms with Crippen molar-refractivity contribution in [1.82, 2.24) is 19.9 Å². The maximum atomic E-state index is 6.33. The highest BCUT2D eigenvalue weighted by atomic mass is 35.5. The van der Waals surface area contributed by atoms with Gasteiger partial charge in [-0.1, -0.05) is 59.1 Å². The zero-order valence-electron chi connectivity index (χ0n) is 20.7. The van der Waals surface area contributed by atoms with E-state index >= 15 is 0 Å². The average molecular weight is 558 g/mol. The summed E-state index contributed by atoms with van der Waals surface area (Å²) in [4.78, 5) is 21.9. The number of aromatic nitrogens is 4. The van der Waals surface area contributed by atoms with Crippen LogP contribution in [0.25, 0.3) is 22.3 Å². The summed E-state index contributed by atoms with van der Waals surface area (Å²) in [5.41, 5.74) is 16.4. The molecular formula is C26H27Cl3N8. The van der Waals surface area contributed by atoms with E-state index in [2.05, 4.69) is 19.9 Å². The lowest BCUT2D eigenvalue weighted by Crippen LogP contribution is -2.27. The normalized spacial score (nSPS) is 11.0. The van der Waals surface area contributed by atoms with E-state index in [1.165, 1.54) is 0 Å². The van der Waals surface area contributed by atoms with Gasteiger partial charge in [0.15, 0.2) is 0 Å². The number of nitrogen functional groups attached to an aromatic ring is 2. The lowest BCUT2D eigenvalue weighted by atomic mass is 10.0. The first kappa shape index (κ1) is 26.7. The second-order valence-electron chi connectivity index (χ2n) is 8.65. The summed E-state index contributed by atoms with van der Waals surface area (Å²) in [6, 6.07) is 11.1. The molecule has 11 heteroatoms. The smallest absolute Gasteiger partial charge is 0.227 e. The molecule has 0 spiro atoms. The van der Waals surface area contributed by atoms with Gasteiger partial charge in [0.25, 0.3) is 0 Å². The van der Waals surface area contributed by atoms with Gasteiger partial charge >= 0.3 is 0 Å². The molecular weight excluding hydrogens is 531 g/mol. The second kappa shape index (κ2) is 11.4. The minimum atomic E-state index is 0.331. The van der Waals surface area contributed by atoms with Gasteiger partial charge in [-0.3, -0.25) is 0 Å². The lowest BCUT2D eigenvalue weighted by Gasteiger charge is -2.21. The molecule has 0 aliphatic heterocycles. The van der Waals surface area contributed by atoms with Gasteiger partial charge < -0.3 is 21.3 Å². The molecule has 0 amide bonds. The van der Waals surface area contributed by atoms with E-state index in [-0.39, 0.29) is 0 Å².